The monoisotopic (exact) mass is 1210 g/mol. The van der Waals surface area contributed by atoms with Crippen molar-refractivity contribution in [3.63, 3.8) is 0 Å². The van der Waals surface area contributed by atoms with E-state index in [0.29, 0.717) is 16.1 Å². The first-order valence-electron chi connectivity index (χ1n) is 26.1. The van der Waals surface area contributed by atoms with Crippen molar-refractivity contribution in [2.45, 2.75) is 75.3 Å². The summed E-state index contributed by atoms with van der Waals surface area (Å²) in [6.07, 6.45) is -18.9. The Labute approximate surface area is 486 Å². The number of nitrogens with one attached hydrogen (secondary N) is 2. The fourth-order valence-corrected chi connectivity index (χ4v) is 9.81. The van der Waals surface area contributed by atoms with Crippen molar-refractivity contribution < 1.29 is 81.2 Å². The molecule has 0 aliphatic heterocycles. The van der Waals surface area contributed by atoms with E-state index in [0.717, 1.165) is 47.4 Å². The summed E-state index contributed by atoms with van der Waals surface area (Å²) >= 11 is 5.93. The molecule has 0 radical (unpaired) electrons. The molecule has 2 amide bonds. The number of carbonyl (C=O) groups excluding carboxylic acids is 2. The summed E-state index contributed by atoms with van der Waals surface area (Å²) in [5.74, 6) is -2.84. The molecule has 0 aromatic heterocycles. The Kier molecular flexibility index (Phi) is 20.9. The topological polar surface area (TPSA) is 95.1 Å². The maximum atomic E-state index is 13.2. The molecule has 0 aliphatic carbocycles. The van der Waals surface area contributed by atoms with E-state index in [1.54, 1.807) is 97.1 Å². The number of hydrogen-bond acceptors (Lipinski definition) is 6. The lowest BCUT2D eigenvalue weighted by molar-refractivity contribution is -0.275. The first-order chi connectivity index (χ1) is 40.2. The second kappa shape index (κ2) is 27.8. The molecule has 446 valence electrons. The Morgan fingerprint density at radius 1 is 0.365 bits per heavy atom. The van der Waals surface area contributed by atoms with Crippen molar-refractivity contribution in [2.75, 3.05) is 13.1 Å². The molecule has 0 fully saturated rings. The van der Waals surface area contributed by atoms with E-state index in [1.165, 1.54) is 60.7 Å². The Hall–Kier alpha value is -8.65. The average molecular weight is 1210 g/mol. The maximum Gasteiger partial charge on any atom is 0.573 e. The minimum absolute atomic E-state index is 0.0315. The highest BCUT2D eigenvalue weighted by Crippen LogP contribution is 2.42. The van der Waals surface area contributed by atoms with E-state index in [9.17, 15) is 62.3 Å². The third kappa shape index (κ3) is 19.7. The molecule has 21 heteroatoms. The molecule has 0 aliphatic rings. The third-order valence-corrected chi connectivity index (χ3v) is 13.6. The number of ether oxygens (including phenoxy) is 4. The maximum absolute atomic E-state index is 13.2. The summed E-state index contributed by atoms with van der Waals surface area (Å²) < 4.78 is 174. The zero-order chi connectivity index (χ0) is 61.5. The van der Waals surface area contributed by atoms with Crippen molar-refractivity contribution in [2.24, 2.45) is 0 Å². The molecular weight excluding hydrogens is 1160 g/mol. The van der Waals surface area contributed by atoms with Gasteiger partial charge in [0.25, 0.3) is 0 Å². The molecule has 0 saturated heterocycles. The second-order valence-electron chi connectivity index (χ2n) is 19.5. The predicted molar refractivity (Wildman–Crippen MR) is 295 cm³/mol. The number of halogens is 13. The van der Waals surface area contributed by atoms with Gasteiger partial charge in [-0.3, -0.25) is 9.59 Å². The van der Waals surface area contributed by atoms with Crippen LogP contribution in [0.4, 0.5) is 52.7 Å². The van der Waals surface area contributed by atoms with Gasteiger partial charge in [0.2, 0.25) is 11.8 Å². The number of benzene rings is 8. The SMILES string of the molecule is CCc1cccc(CC(=O)NCC(Cc2ccccc2)(c2cccc(OC(F)(F)F)c2)c2cccc(OC(F)(F)F)c2)c1.O=C(Cc1ccc(Cl)cc1)NCC(Cc1ccccc1)(c1cccc(OC(F)(F)F)c1)c1cccc(OC(F)(F)F)c1. The van der Waals surface area contributed by atoms with Crippen LogP contribution in [0.5, 0.6) is 23.0 Å². The van der Waals surface area contributed by atoms with Crippen molar-refractivity contribution >= 4 is 23.4 Å². The zero-order valence-corrected chi connectivity index (χ0v) is 45.7. The molecule has 8 aromatic carbocycles. The van der Waals surface area contributed by atoms with Crippen LogP contribution in [0.3, 0.4) is 0 Å². The zero-order valence-electron chi connectivity index (χ0n) is 44.9. The summed E-state index contributed by atoms with van der Waals surface area (Å²) in [6.45, 7) is 1.66. The molecule has 0 unspecified atom stereocenters. The van der Waals surface area contributed by atoms with Gasteiger partial charge in [-0.2, -0.15) is 0 Å². The second-order valence-corrected chi connectivity index (χ2v) is 19.9. The minimum Gasteiger partial charge on any atom is -0.406 e. The lowest BCUT2D eigenvalue weighted by Crippen LogP contribution is -2.44. The first-order valence-corrected chi connectivity index (χ1v) is 26.4. The Balaban J connectivity index is 0.000000244. The summed E-state index contributed by atoms with van der Waals surface area (Å²) in [7, 11) is 0. The molecule has 8 rings (SSSR count). The number of amides is 2. The summed E-state index contributed by atoms with van der Waals surface area (Å²) in [5.41, 5.74) is 2.35. The molecule has 0 atom stereocenters. The van der Waals surface area contributed by atoms with Crippen LogP contribution in [0.2, 0.25) is 5.02 Å². The van der Waals surface area contributed by atoms with Gasteiger partial charge in [-0.1, -0.05) is 164 Å². The highest BCUT2D eigenvalue weighted by molar-refractivity contribution is 6.30. The first kappa shape index (κ1) is 63.9. The molecule has 8 aromatic rings. The summed E-state index contributed by atoms with van der Waals surface area (Å²) in [4.78, 5) is 26.3. The van der Waals surface area contributed by atoms with Crippen LogP contribution in [-0.4, -0.2) is 50.4 Å². The average Bonchev–Trinajstić information content (AvgIpc) is 1.50. The molecule has 0 saturated carbocycles. The van der Waals surface area contributed by atoms with E-state index in [4.69, 9.17) is 11.6 Å². The van der Waals surface area contributed by atoms with Crippen molar-refractivity contribution in [3.05, 3.63) is 261 Å². The third-order valence-electron chi connectivity index (χ3n) is 13.4. The van der Waals surface area contributed by atoms with Crippen molar-refractivity contribution in [3.8, 4) is 23.0 Å². The number of hydrogen-bond donors (Lipinski definition) is 2. The molecule has 0 spiro atoms. The van der Waals surface area contributed by atoms with Gasteiger partial charge < -0.3 is 29.6 Å². The van der Waals surface area contributed by atoms with Crippen LogP contribution in [0.15, 0.2) is 206 Å². The lowest BCUT2D eigenvalue weighted by Gasteiger charge is -2.36. The van der Waals surface area contributed by atoms with Gasteiger partial charge in [-0.05, 0) is 130 Å². The van der Waals surface area contributed by atoms with Gasteiger partial charge in [0.05, 0.1) is 12.8 Å². The predicted octanol–water partition coefficient (Wildman–Crippen LogP) is 16.0. The van der Waals surface area contributed by atoms with Gasteiger partial charge in [0.1, 0.15) is 23.0 Å². The lowest BCUT2D eigenvalue weighted by atomic mass is 9.70. The van der Waals surface area contributed by atoms with Crippen molar-refractivity contribution in [1.82, 2.24) is 10.6 Å². The Morgan fingerprint density at radius 2 is 0.671 bits per heavy atom. The van der Waals surface area contributed by atoms with Crippen molar-refractivity contribution in [1.29, 1.82) is 0 Å². The largest absolute Gasteiger partial charge is 0.573 e. The number of alkyl halides is 12. The standard InChI is InChI=1S/C33H29F6NO3.C31H24ClF6NO3/c1-2-23-11-6-12-25(17-23)18-30(41)40-22-31(21-24-9-4-3-5-10-24,26-13-7-15-28(19-26)42-32(34,35)36)27-14-8-16-29(20-27)43-33(37,38)39;32-25-14-12-21(13-15-25)16-28(40)39-20-29(19-22-6-2-1-3-7-22,23-8-4-10-26(17-23)41-30(33,34)35)24-9-5-11-27(18-24)42-31(36,37)38/h3-17,19-20H,2,18,21-22H2,1H3,(H,40,41);1-15,17-18H,16,19-20H2,(H,39,40). The minimum atomic E-state index is -4.98. The van der Waals surface area contributed by atoms with Crippen LogP contribution in [-0.2, 0) is 52.5 Å². The van der Waals surface area contributed by atoms with E-state index in [1.807, 2.05) is 31.2 Å². The fraction of sp³-hybridized carbons (Fsp3) is 0.219. The number of rotatable bonds is 21. The van der Waals surface area contributed by atoms with Crippen LogP contribution in [0.1, 0.15) is 57.0 Å². The number of carbonyl (C=O) groups is 2. The van der Waals surface area contributed by atoms with E-state index < -0.39 is 65.2 Å². The normalized spacial score (nSPS) is 12.1. The molecule has 8 nitrogen and oxygen atoms in total. The van der Waals surface area contributed by atoms with Gasteiger partial charge in [0, 0.05) is 28.9 Å². The van der Waals surface area contributed by atoms with Crippen LogP contribution >= 0.6 is 11.6 Å². The van der Waals surface area contributed by atoms with Gasteiger partial charge in [0.15, 0.2) is 0 Å². The van der Waals surface area contributed by atoms with Gasteiger partial charge in [-0.15, -0.1) is 52.7 Å². The molecule has 0 heterocycles. The van der Waals surface area contributed by atoms with Gasteiger partial charge in [-0.25, -0.2) is 0 Å². The molecule has 85 heavy (non-hydrogen) atoms. The van der Waals surface area contributed by atoms with E-state index in [2.05, 4.69) is 29.6 Å². The van der Waals surface area contributed by atoms with E-state index >= 15 is 0 Å². The van der Waals surface area contributed by atoms with Crippen LogP contribution in [0.25, 0.3) is 0 Å². The smallest absolute Gasteiger partial charge is 0.406 e. The van der Waals surface area contributed by atoms with E-state index in [-0.39, 0.29) is 66.9 Å². The quantitative estimate of drug-likeness (QED) is 0.0696. The van der Waals surface area contributed by atoms with Gasteiger partial charge >= 0.3 is 25.4 Å². The highest BCUT2D eigenvalue weighted by Gasteiger charge is 2.41. The molecule has 0 bridgehead atoms. The van der Waals surface area contributed by atoms with Crippen LogP contribution < -0.4 is 29.6 Å². The number of aryl methyl sites for hydroxylation is 1. The Bertz CT molecular complexity index is 3350. The highest BCUT2D eigenvalue weighted by atomic mass is 35.5. The summed E-state index contributed by atoms with van der Waals surface area (Å²) in [5, 5.41) is 6.23. The molecule has 2 N–H and O–H groups in total. The molecular formula is C64H53ClF12N2O6. The van der Waals surface area contributed by atoms with Crippen LogP contribution in [0, 0.1) is 0 Å². The Morgan fingerprint density at radius 3 is 1.00 bits per heavy atom. The summed E-state index contributed by atoms with van der Waals surface area (Å²) in [6, 6.07) is 52.7. The fourth-order valence-electron chi connectivity index (χ4n) is 9.68.